The van der Waals surface area contributed by atoms with Crippen LogP contribution in [0, 0.1) is 6.92 Å². The molecule has 1 heteroatoms. The van der Waals surface area contributed by atoms with Gasteiger partial charge in [0, 0.05) is 5.56 Å². The number of aryl methyl sites for hydroxylation is 1. The summed E-state index contributed by atoms with van der Waals surface area (Å²) in [7, 11) is 1.72. The molecule has 15 heavy (non-hydrogen) atoms. The SMILES string of the molecule is COc1ccc(C)cc1C1=CCCC=C1. The average molecular weight is 200 g/mol. The van der Waals surface area contributed by atoms with Gasteiger partial charge in [0.2, 0.25) is 0 Å². The van der Waals surface area contributed by atoms with Crippen LogP contribution in [0.5, 0.6) is 5.75 Å². The first-order valence-electron chi connectivity index (χ1n) is 5.33. The maximum Gasteiger partial charge on any atom is 0.126 e. The molecule has 1 nitrogen and oxygen atoms in total. The van der Waals surface area contributed by atoms with Crippen LogP contribution in [0.3, 0.4) is 0 Å². The number of rotatable bonds is 2. The Morgan fingerprint density at radius 1 is 1.20 bits per heavy atom. The fourth-order valence-electron chi connectivity index (χ4n) is 1.86. The highest BCUT2D eigenvalue weighted by molar-refractivity contribution is 5.78. The molecule has 1 aliphatic carbocycles. The molecule has 0 saturated heterocycles. The molecular formula is C14H16O. The standard InChI is InChI=1S/C14H16O/c1-11-8-9-14(15-2)13(10-11)12-6-4-3-5-7-12/h4,6-10H,3,5H2,1-2H3. The molecule has 0 N–H and O–H groups in total. The summed E-state index contributed by atoms with van der Waals surface area (Å²) in [6, 6.07) is 6.30. The monoisotopic (exact) mass is 200 g/mol. The summed E-state index contributed by atoms with van der Waals surface area (Å²) in [6.07, 6.45) is 8.95. The Kier molecular flexibility index (Phi) is 2.91. The van der Waals surface area contributed by atoms with Crippen LogP contribution < -0.4 is 4.74 Å². The van der Waals surface area contributed by atoms with Crippen molar-refractivity contribution < 1.29 is 4.74 Å². The summed E-state index contributed by atoms with van der Waals surface area (Å²) in [4.78, 5) is 0. The second-order valence-electron chi connectivity index (χ2n) is 3.84. The van der Waals surface area contributed by atoms with E-state index in [2.05, 4.69) is 37.3 Å². The van der Waals surface area contributed by atoms with Crippen molar-refractivity contribution in [3.8, 4) is 5.75 Å². The van der Waals surface area contributed by atoms with Crippen LogP contribution in [-0.4, -0.2) is 7.11 Å². The number of allylic oxidation sites excluding steroid dienone is 4. The van der Waals surface area contributed by atoms with E-state index in [-0.39, 0.29) is 0 Å². The Morgan fingerprint density at radius 2 is 2.07 bits per heavy atom. The van der Waals surface area contributed by atoms with Gasteiger partial charge in [-0.2, -0.15) is 0 Å². The van der Waals surface area contributed by atoms with Crippen molar-refractivity contribution in [2.24, 2.45) is 0 Å². The lowest BCUT2D eigenvalue weighted by Crippen LogP contribution is -1.93. The zero-order valence-corrected chi connectivity index (χ0v) is 9.29. The van der Waals surface area contributed by atoms with Gasteiger partial charge >= 0.3 is 0 Å². The third-order valence-electron chi connectivity index (χ3n) is 2.66. The molecular weight excluding hydrogens is 184 g/mol. The number of methoxy groups -OCH3 is 1. The minimum atomic E-state index is 0.957. The van der Waals surface area contributed by atoms with Crippen molar-refractivity contribution in [1.29, 1.82) is 0 Å². The van der Waals surface area contributed by atoms with E-state index >= 15 is 0 Å². The van der Waals surface area contributed by atoms with Gasteiger partial charge < -0.3 is 4.74 Å². The summed E-state index contributed by atoms with van der Waals surface area (Å²) < 4.78 is 5.38. The van der Waals surface area contributed by atoms with E-state index in [0.717, 1.165) is 18.6 Å². The highest BCUT2D eigenvalue weighted by atomic mass is 16.5. The third-order valence-corrected chi connectivity index (χ3v) is 2.66. The molecule has 0 radical (unpaired) electrons. The van der Waals surface area contributed by atoms with Gasteiger partial charge in [-0.1, -0.05) is 29.9 Å². The fourth-order valence-corrected chi connectivity index (χ4v) is 1.86. The van der Waals surface area contributed by atoms with E-state index in [9.17, 15) is 0 Å². The summed E-state index contributed by atoms with van der Waals surface area (Å²) in [5.41, 5.74) is 3.75. The van der Waals surface area contributed by atoms with Crippen molar-refractivity contribution in [1.82, 2.24) is 0 Å². The summed E-state index contributed by atoms with van der Waals surface area (Å²) in [5, 5.41) is 0. The molecule has 0 amide bonds. The lowest BCUT2D eigenvalue weighted by molar-refractivity contribution is 0.413. The van der Waals surface area contributed by atoms with E-state index in [4.69, 9.17) is 4.74 Å². The van der Waals surface area contributed by atoms with Crippen LogP contribution in [0.15, 0.2) is 36.4 Å². The second-order valence-corrected chi connectivity index (χ2v) is 3.84. The van der Waals surface area contributed by atoms with Crippen molar-refractivity contribution in [2.45, 2.75) is 19.8 Å². The smallest absolute Gasteiger partial charge is 0.126 e. The van der Waals surface area contributed by atoms with Gasteiger partial charge in [0.1, 0.15) is 5.75 Å². The van der Waals surface area contributed by atoms with Gasteiger partial charge in [0.05, 0.1) is 7.11 Å². The lowest BCUT2D eigenvalue weighted by atomic mass is 9.97. The molecule has 0 aromatic heterocycles. The Bertz CT molecular complexity index is 413. The van der Waals surface area contributed by atoms with Crippen molar-refractivity contribution in [2.75, 3.05) is 7.11 Å². The molecule has 0 fully saturated rings. The molecule has 1 aliphatic rings. The molecule has 0 saturated carbocycles. The van der Waals surface area contributed by atoms with Gasteiger partial charge in [-0.25, -0.2) is 0 Å². The van der Waals surface area contributed by atoms with Crippen molar-refractivity contribution in [3.63, 3.8) is 0 Å². The minimum absolute atomic E-state index is 0.957. The molecule has 1 aromatic carbocycles. The van der Waals surface area contributed by atoms with Crippen LogP contribution in [0.4, 0.5) is 0 Å². The van der Waals surface area contributed by atoms with Crippen LogP contribution in [-0.2, 0) is 0 Å². The Hall–Kier alpha value is -1.50. The molecule has 0 bridgehead atoms. The molecule has 0 heterocycles. The molecule has 2 rings (SSSR count). The van der Waals surface area contributed by atoms with E-state index in [1.807, 2.05) is 6.07 Å². The zero-order valence-electron chi connectivity index (χ0n) is 9.29. The number of hydrogen-bond acceptors (Lipinski definition) is 1. The number of benzene rings is 1. The predicted octanol–water partition coefficient (Wildman–Crippen LogP) is 3.74. The molecule has 78 valence electrons. The highest BCUT2D eigenvalue weighted by Gasteiger charge is 2.07. The minimum Gasteiger partial charge on any atom is -0.496 e. The van der Waals surface area contributed by atoms with E-state index in [0.29, 0.717) is 0 Å². The lowest BCUT2D eigenvalue weighted by Gasteiger charge is -2.12. The summed E-state index contributed by atoms with van der Waals surface area (Å²) in [6.45, 7) is 2.11. The van der Waals surface area contributed by atoms with Gasteiger partial charge in [0.15, 0.2) is 0 Å². The summed E-state index contributed by atoms with van der Waals surface area (Å²) in [5.74, 6) is 0.957. The third kappa shape index (κ3) is 2.12. The van der Waals surface area contributed by atoms with E-state index in [1.54, 1.807) is 7.11 Å². The molecule has 0 atom stereocenters. The average Bonchev–Trinajstić information content (AvgIpc) is 2.30. The van der Waals surface area contributed by atoms with Gasteiger partial charge in [0.25, 0.3) is 0 Å². The van der Waals surface area contributed by atoms with Crippen LogP contribution in [0.25, 0.3) is 5.57 Å². The Labute approximate surface area is 91.1 Å². The topological polar surface area (TPSA) is 9.23 Å². The maximum absolute atomic E-state index is 5.38. The largest absolute Gasteiger partial charge is 0.496 e. The van der Waals surface area contributed by atoms with Crippen LogP contribution >= 0.6 is 0 Å². The van der Waals surface area contributed by atoms with Crippen molar-refractivity contribution >= 4 is 5.57 Å². The first-order valence-corrected chi connectivity index (χ1v) is 5.33. The van der Waals surface area contributed by atoms with Gasteiger partial charge in [-0.3, -0.25) is 0 Å². The number of ether oxygens (including phenoxy) is 1. The van der Waals surface area contributed by atoms with Crippen LogP contribution in [0.1, 0.15) is 24.0 Å². The fraction of sp³-hybridized carbons (Fsp3) is 0.286. The molecule has 0 spiro atoms. The summed E-state index contributed by atoms with van der Waals surface area (Å²) >= 11 is 0. The molecule has 0 aliphatic heterocycles. The normalized spacial score (nSPS) is 14.9. The van der Waals surface area contributed by atoms with Gasteiger partial charge in [-0.05, 0) is 37.5 Å². The second kappa shape index (κ2) is 4.35. The molecule has 0 unspecified atom stereocenters. The first-order chi connectivity index (χ1) is 7.31. The molecule has 1 aromatic rings. The Balaban J connectivity index is 2.45. The van der Waals surface area contributed by atoms with E-state index < -0.39 is 0 Å². The van der Waals surface area contributed by atoms with Gasteiger partial charge in [-0.15, -0.1) is 0 Å². The maximum atomic E-state index is 5.38. The quantitative estimate of drug-likeness (QED) is 0.706. The van der Waals surface area contributed by atoms with E-state index in [1.165, 1.54) is 16.7 Å². The zero-order chi connectivity index (χ0) is 10.7. The predicted molar refractivity (Wildman–Crippen MR) is 64.1 cm³/mol. The first kappa shape index (κ1) is 10.0. The van der Waals surface area contributed by atoms with Crippen molar-refractivity contribution in [3.05, 3.63) is 47.6 Å². The van der Waals surface area contributed by atoms with Crippen LogP contribution in [0.2, 0.25) is 0 Å². The highest BCUT2D eigenvalue weighted by Crippen LogP contribution is 2.30. The Morgan fingerprint density at radius 3 is 2.73 bits per heavy atom. The number of hydrogen-bond donors (Lipinski definition) is 0.